The fourth-order valence-electron chi connectivity index (χ4n) is 1.52. The second-order valence-electron chi connectivity index (χ2n) is 3.33. The van der Waals surface area contributed by atoms with Crippen LogP contribution in [0.1, 0.15) is 0 Å². The van der Waals surface area contributed by atoms with Crippen LogP contribution >= 0.6 is 11.8 Å². The first-order valence-electron chi connectivity index (χ1n) is 4.57. The number of benzene rings is 1. The first-order valence-corrected chi connectivity index (χ1v) is 5.45. The fourth-order valence-corrected chi connectivity index (χ4v) is 2.63. The van der Waals surface area contributed by atoms with Crippen LogP contribution in [-0.4, -0.2) is 33.4 Å². The maximum atomic E-state index is 11.0. The summed E-state index contributed by atoms with van der Waals surface area (Å²) in [6.45, 7) is 0. The van der Waals surface area contributed by atoms with Gasteiger partial charge < -0.3 is 15.5 Å². The summed E-state index contributed by atoms with van der Waals surface area (Å²) in [6, 6.07) is 5.95. The average Bonchev–Trinajstić information content (AvgIpc) is 2.27. The summed E-state index contributed by atoms with van der Waals surface area (Å²) in [5.74, 6) is -2.28. The van der Waals surface area contributed by atoms with Gasteiger partial charge in [0.2, 0.25) is 0 Å². The molecule has 6 heteroatoms. The van der Waals surface area contributed by atoms with Gasteiger partial charge in [-0.15, -0.1) is 11.8 Å². The Kier molecular flexibility index (Phi) is 2.74. The first kappa shape index (κ1) is 10.8. The van der Waals surface area contributed by atoms with Crippen LogP contribution in [0.5, 0.6) is 0 Å². The Morgan fingerprint density at radius 1 is 1.19 bits per heavy atom. The van der Waals surface area contributed by atoms with E-state index in [2.05, 4.69) is 5.32 Å². The Bertz CT molecular complexity index is 407. The van der Waals surface area contributed by atoms with Crippen LogP contribution in [0.25, 0.3) is 0 Å². The number of carbonyl (C=O) groups is 2. The normalized spacial score (nSPS) is 23.0. The van der Waals surface area contributed by atoms with Crippen molar-refractivity contribution in [3.8, 4) is 0 Å². The molecule has 0 saturated carbocycles. The number of anilines is 1. The number of hydrogen-bond donors (Lipinski definition) is 3. The molecule has 0 radical (unpaired) electrons. The summed E-state index contributed by atoms with van der Waals surface area (Å²) in [6.07, 6.45) is 0. The molecule has 2 atom stereocenters. The standard InChI is InChI=1S/C10H9NO4S/c12-9(13)7-8(10(14)15)16-6-4-2-1-3-5(6)11-7/h1-4,7-8,11H,(H,12,13)(H,14,15). The third-order valence-corrected chi connectivity index (χ3v) is 3.60. The zero-order valence-electron chi connectivity index (χ0n) is 8.08. The van der Waals surface area contributed by atoms with E-state index in [1.807, 2.05) is 0 Å². The second kappa shape index (κ2) is 4.05. The largest absolute Gasteiger partial charge is 0.480 e. The first-order chi connectivity index (χ1) is 7.59. The van der Waals surface area contributed by atoms with E-state index < -0.39 is 23.2 Å². The molecule has 2 unspecified atom stereocenters. The molecule has 1 heterocycles. The zero-order valence-corrected chi connectivity index (χ0v) is 8.90. The topological polar surface area (TPSA) is 86.6 Å². The van der Waals surface area contributed by atoms with Crippen molar-refractivity contribution in [2.24, 2.45) is 0 Å². The van der Waals surface area contributed by atoms with Crippen molar-refractivity contribution in [3.63, 3.8) is 0 Å². The highest BCUT2D eigenvalue weighted by Gasteiger charge is 2.38. The molecule has 0 saturated heterocycles. The molecule has 5 nitrogen and oxygen atoms in total. The number of carboxylic acids is 2. The molecule has 0 spiro atoms. The van der Waals surface area contributed by atoms with Crippen LogP contribution < -0.4 is 5.32 Å². The van der Waals surface area contributed by atoms with E-state index in [0.717, 1.165) is 16.7 Å². The summed E-state index contributed by atoms with van der Waals surface area (Å²) in [4.78, 5) is 22.7. The third-order valence-electron chi connectivity index (χ3n) is 2.26. The van der Waals surface area contributed by atoms with Gasteiger partial charge in [-0.1, -0.05) is 12.1 Å². The lowest BCUT2D eigenvalue weighted by Gasteiger charge is -2.28. The lowest BCUT2D eigenvalue weighted by atomic mass is 10.1. The highest BCUT2D eigenvalue weighted by Crippen LogP contribution is 2.37. The maximum absolute atomic E-state index is 11.0. The number of carboxylic acid groups (broad SMARTS) is 2. The molecule has 1 aliphatic heterocycles. The van der Waals surface area contributed by atoms with Gasteiger partial charge in [0.05, 0.1) is 0 Å². The van der Waals surface area contributed by atoms with Gasteiger partial charge in [-0.05, 0) is 12.1 Å². The summed E-state index contributed by atoms with van der Waals surface area (Å²) in [5, 5.41) is 19.6. The van der Waals surface area contributed by atoms with E-state index in [0.29, 0.717) is 5.69 Å². The van der Waals surface area contributed by atoms with Gasteiger partial charge in [0.25, 0.3) is 0 Å². The monoisotopic (exact) mass is 239 g/mol. The van der Waals surface area contributed by atoms with E-state index in [1.54, 1.807) is 24.3 Å². The van der Waals surface area contributed by atoms with Crippen LogP contribution in [0, 0.1) is 0 Å². The van der Waals surface area contributed by atoms with Crippen molar-refractivity contribution < 1.29 is 19.8 Å². The summed E-state index contributed by atoms with van der Waals surface area (Å²) < 4.78 is 0. The van der Waals surface area contributed by atoms with E-state index in [9.17, 15) is 9.59 Å². The average molecular weight is 239 g/mol. The molecule has 0 aromatic heterocycles. The number of rotatable bonds is 2. The molecule has 1 aliphatic rings. The van der Waals surface area contributed by atoms with Crippen molar-refractivity contribution >= 4 is 29.4 Å². The van der Waals surface area contributed by atoms with E-state index in [1.165, 1.54) is 0 Å². The fraction of sp³-hybridized carbons (Fsp3) is 0.200. The Morgan fingerprint density at radius 2 is 1.88 bits per heavy atom. The van der Waals surface area contributed by atoms with Crippen molar-refractivity contribution in [2.45, 2.75) is 16.2 Å². The number of hydrogen-bond acceptors (Lipinski definition) is 4. The van der Waals surface area contributed by atoms with Crippen LogP contribution in [0.4, 0.5) is 5.69 Å². The molecule has 0 amide bonds. The van der Waals surface area contributed by atoms with E-state index in [4.69, 9.17) is 10.2 Å². The molecular formula is C10H9NO4S. The highest BCUT2D eigenvalue weighted by molar-refractivity contribution is 8.01. The lowest BCUT2D eigenvalue weighted by molar-refractivity contribution is -0.143. The van der Waals surface area contributed by atoms with Crippen molar-refractivity contribution in [1.82, 2.24) is 0 Å². The van der Waals surface area contributed by atoms with E-state index >= 15 is 0 Å². The van der Waals surface area contributed by atoms with Crippen molar-refractivity contribution in [1.29, 1.82) is 0 Å². The number of aliphatic carboxylic acids is 2. The molecular weight excluding hydrogens is 230 g/mol. The van der Waals surface area contributed by atoms with Crippen LogP contribution in [0.2, 0.25) is 0 Å². The van der Waals surface area contributed by atoms with Gasteiger partial charge in [0, 0.05) is 10.6 Å². The highest BCUT2D eigenvalue weighted by atomic mass is 32.2. The Hall–Kier alpha value is -1.69. The molecule has 0 bridgehead atoms. The Labute approximate surface area is 95.5 Å². The zero-order chi connectivity index (χ0) is 11.7. The van der Waals surface area contributed by atoms with Gasteiger partial charge in [-0.2, -0.15) is 0 Å². The van der Waals surface area contributed by atoms with Crippen LogP contribution in [0.15, 0.2) is 29.2 Å². The van der Waals surface area contributed by atoms with Gasteiger partial charge in [0.15, 0.2) is 0 Å². The van der Waals surface area contributed by atoms with E-state index in [-0.39, 0.29) is 0 Å². The quantitative estimate of drug-likeness (QED) is 0.716. The summed E-state index contributed by atoms with van der Waals surface area (Å²) >= 11 is 1.06. The molecule has 0 aliphatic carbocycles. The smallest absolute Gasteiger partial charge is 0.327 e. The number of fused-ring (bicyclic) bond motifs is 1. The number of nitrogens with one attached hydrogen (secondary N) is 1. The Balaban J connectivity index is 2.37. The molecule has 2 rings (SSSR count). The van der Waals surface area contributed by atoms with Gasteiger partial charge in [-0.3, -0.25) is 4.79 Å². The third kappa shape index (κ3) is 1.83. The summed E-state index contributed by atoms with van der Waals surface area (Å²) in [7, 11) is 0. The SMILES string of the molecule is O=C(O)C1Nc2ccccc2SC1C(=O)O. The Morgan fingerprint density at radius 3 is 2.50 bits per heavy atom. The van der Waals surface area contributed by atoms with Gasteiger partial charge in [-0.25, -0.2) is 4.79 Å². The number of para-hydroxylation sites is 1. The molecule has 1 aromatic carbocycles. The molecule has 0 fully saturated rings. The van der Waals surface area contributed by atoms with Gasteiger partial charge >= 0.3 is 11.9 Å². The predicted octanol–water partition coefficient (Wildman–Crippen LogP) is 1.11. The molecule has 16 heavy (non-hydrogen) atoms. The lowest BCUT2D eigenvalue weighted by Crippen LogP contribution is -2.45. The molecule has 84 valence electrons. The van der Waals surface area contributed by atoms with Crippen LogP contribution in [0.3, 0.4) is 0 Å². The predicted molar refractivity (Wildman–Crippen MR) is 58.8 cm³/mol. The van der Waals surface area contributed by atoms with Crippen LogP contribution in [-0.2, 0) is 9.59 Å². The molecule has 3 N–H and O–H groups in total. The molecule has 1 aromatic rings. The van der Waals surface area contributed by atoms with Crippen molar-refractivity contribution in [2.75, 3.05) is 5.32 Å². The number of thioether (sulfide) groups is 1. The second-order valence-corrected chi connectivity index (χ2v) is 4.52. The minimum absolute atomic E-state index is 0.664. The maximum Gasteiger partial charge on any atom is 0.327 e. The van der Waals surface area contributed by atoms with Crippen molar-refractivity contribution in [3.05, 3.63) is 24.3 Å². The summed E-state index contributed by atoms with van der Waals surface area (Å²) in [5.41, 5.74) is 0.664. The van der Waals surface area contributed by atoms with Gasteiger partial charge in [0.1, 0.15) is 11.3 Å². The minimum atomic E-state index is -1.16. The minimum Gasteiger partial charge on any atom is -0.480 e.